The fraction of sp³-hybridized carbons (Fsp3) is 0.100. The quantitative estimate of drug-likeness (QED) is 0.590. The molecule has 0 aliphatic heterocycles. The van der Waals surface area contributed by atoms with E-state index in [-0.39, 0.29) is 5.56 Å². The molecule has 0 spiro atoms. The summed E-state index contributed by atoms with van der Waals surface area (Å²) in [4.78, 5) is 25.3. The summed E-state index contributed by atoms with van der Waals surface area (Å²) in [6.45, 7) is 0. The van der Waals surface area contributed by atoms with Crippen LogP contribution in [0.25, 0.3) is 6.08 Å². The van der Waals surface area contributed by atoms with Crippen molar-refractivity contribution >= 4 is 18.0 Å². The molecule has 0 atom stereocenters. The van der Waals surface area contributed by atoms with Gasteiger partial charge in [-0.1, -0.05) is 0 Å². The number of aromatic nitrogens is 1. The number of nitrogens with zero attached hydrogens (tertiary/aromatic N) is 1. The summed E-state index contributed by atoms with van der Waals surface area (Å²) in [6, 6.07) is 1.36. The van der Waals surface area contributed by atoms with Crippen molar-refractivity contribution in [1.29, 1.82) is 0 Å². The number of hydrogen-bond donors (Lipinski definition) is 1. The lowest BCUT2D eigenvalue weighted by molar-refractivity contribution is -0.134. The molecule has 1 N–H and O–H groups in total. The Morgan fingerprint density at radius 1 is 1.53 bits per heavy atom. The summed E-state index contributed by atoms with van der Waals surface area (Å²) >= 11 is 0. The number of methoxy groups -OCH3 is 1. The molecule has 1 rings (SSSR count). The molecule has 1 aromatic rings. The summed E-state index contributed by atoms with van der Waals surface area (Å²) in [6.07, 6.45) is 5.23. The predicted molar refractivity (Wildman–Crippen MR) is 52.2 cm³/mol. The Morgan fingerprint density at radius 2 is 2.27 bits per heavy atom. The van der Waals surface area contributed by atoms with E-state index >= 15 is 0 Å². The van der Waals surface area contributed by atoms with Crippen LogP contribution in [0, 0.1) is 0 Å². The molecule has 0 fully saturated rings. The van der Waals surface area contributed by atoms with Gasteiger partial charge in [-0.3, -0.25) is 4.98 Å². The van der Waals surface area contributed by atoms with Crippen molar-refractivity contribution in [2.45, 2.75) is 0 Å². The number of carbonyl (C=O) groups excluding carboxylic acids is 1. The molecule has 15 heavy (non-hydrogen) atoms. The van der Waals surface area contributed by atoms with Crippen LogP contribution in [0.15, 0.2) is 24.5 Å². The van der Waals surface area contributed by atoms with Crippen molar-refractivity contribution in [3.8, 4) is 0 Å². The predicted octanol–water partition coefficient (Wildman–Crippen LogP) is 0.966. The van der Waals surface area contributed by atoms with E-state index in [1.165, 1.54) is 31.6 Å². The smallest absolute Gasteiger partial charge is 0.336 e. The van der Waals surface area contributed by atoms with Gasteiger partial charge in [0.05, 0.1) is 12.7 Å². The molecule has 0 aromatic carbocycles. The third-order valence-electron chi connectivity index (χ3n) is 1.68. The number of carboxylic acids is 1. The number of rotatable bonds is 3. The molecule has 0 bridgehead atoms. The Labute approximate surface area is 86.0 Å². The minimum absolute atomic E-state index is 0.0881. The molecular weight excluding hydrogens is 198 g/mol. The van der Waals surface area contributed by atoms with Crippen LogP contribution in [-0.2, 0) is 9.53 Å². The molecular formula is C10H9NO4. The average Bonchev–Trinajstić information content (AvgIpc) is 2.26. The third kappa shape index (κ3) is 2.91. The minimum atomic E-state index is -1.07. The Kier molecular flexibility index (Phi) is 3.56. The summed E-state index contributed by atoms with van der Waals surface area (Å²) < 4.78 is 4.38. The summed E-state index contributed by atoms with van der Waals surface area (Å²) in [5.74, 6) is -1.61. The van der Waals surface area contributed by atoms with Crippen molar-refractivity contribution < 1.29 is 19.4 Å². The van der Waals surface area contributed by atoms with Crippen molar-refractivity contribution in [3.63, 3.8) is 0 Å². The van der Waals surface area contributed by atoms with Crippen LogP contribution in [0.4, 0.5) is 0 Å². The van der Waals surface area contributed by atoms with Gasteiger partial charge in [0.2, 0.25) is 0 Å². The van der Waals surface area contributed by atoms with Gasteiger partial charge < -0.3 is 9.84 Å². The van der Waals surface area contributed by atoms with Crippen molar-refractivity contribution in [2.75, 3.05) is 7.11 Å². The Morgan fingerprint density at radius 3 is 2.87 bits per heavy atom. The molecule has 5 heteroatoms. The first-order valence-electron chi connectivity index (χ1n) is 4.08. The SMILES string of the molecule is COC(=O)C=Cc1cnccc1C(=O)O. The van der Waals surface area contributed by atoms with Crippen LogP contribution >= 0.6 is 0 Å². The maximum Gasteiger partial charge on any atom is 0.336 e. The van der Waals surface area contributed by atoms with E-state index in [1.807, 2.05) is 0 Å². The van der Waals surface area contributed by atoms with E-state index in [9.17, 15) is 9.59 Å². The average molecular weight is 207 g/mol. The molecule has 78 valence electrons. The molecule has 0 unspecified atom stereocenters. The van der Waals surface area contributed by atoms with E-state index in [1.54, 1.807) is 0 Å². The van der Waals surface area contributed by atoms with Crippen molar-refractivity contribution in [3.05, 3.63) is 35.7 Å². The normalized spacial score (nSPS) is 10.2. The first-order valence-corrected chi connectivity index (χ1v) is 4.08. The molecule has 5 nitrogen and oxygen atoms in total. The lowest BCUT2D eigenvalue weighted by Crippen LogP contribution is -2.00. The number of carboxylic acid groups (broad SMARTS) is 1. The lowest BCUT2D eigenvalue weighted by atomic mass is 10.1. The topological polar surface area (TPSA) is 76.5 Å². The van der Waals surface area contributed by atoms with Gasteiger partial charge in [-0.2, -0.15) is 0 Å². The molecule has 0 radical (unpaired) electrons. The highest BCUT2D eigenvalue weighted by atomic mass is 16.5. The van der Waals surface area contributed by atoms with Crippen LogP contribution in [-0.4, -0.2) is 29.1 Å². The molecule has 0 aliphatic carbocycles. The maximum atomic E-state index is 10.8. The third-order valence-corrected chi connectivity index (χ3v) is 1.68. The second kappa shape index (κ2) is 4.90. The number of hydrogen-bond acceptors (Lipinski definition) is 4. The Hall–Kier alpha value is -2.17. The molecule has 1 aromatic heterocycles. The zero-order valence-electron chi connectivity index (χ0n) is 8.01. The number of ether oxygens (including phenoxy) is 1. The molecule has 0 amide bonds. The Balaban J connectivity index is 2.99. The highest BCUT2D eigenvalue weighted by molar-refractivity contribution is 5.94. The zero-order valence-corrected chi connectivity index (χ0v) is 8.01. The Bertz CT molecular complexity index is 412. The van der Waals surface area contributed by atoms with Crippen molar-refractivity contribution in [1.82, 2.24) is 4.98 Å². The molecule has 1 heterocycles. The first-order chi connectivity index (χ1) is 7.15. The largest absolute Gasteiger partial charge is 0.478 e. The van der Waals surface area contributed by atoms with Crippen LogP contribution in [0.2, 0.25) is 0 Å². The second-order valence-corrected chi connectivity index (χ2v) is 2.62. The second-order valence-electron chi connectivity index (χ2n) is 2.62. The monoisotopic (exact) mass is 207 g/mol. The number of carbonyl (C=O) groups is 2. The zero-order chi connectivity index (χ0) is 11.3. The van der Waals surface area contributed by atoms with Gasteiger partial charge in [0.25, 0.3) is 0 Å². The molecule has 0 saturated carbocycles. The fourth-order valence-electron chi connectivity index (χ4n) is 0.960. The van der Waals surface area contributed by atoms with Gasteiger partial charge in [0, 0.05) is 24.0 Å². The van der Waals surface area contributed by atoms with Gasteiger partial charge >= 0.3 is 11.9 Å². The summed E-state index contributed by atoms with van der Waals surface area (Å²) in [7, 11) is 1.24. The summed E-state index contributed by atoms with van der Waals surface area (Å²) in [5, 5.41) is 8.81. The molecule has 0 saturated heterocycles. The fourth-order valence-corrected chi connectivity index (χ4v) is 0.960. The van der Waals surface area contributed by atoms with E-state index in [2.05, 4.69) is 9.72 Å². The van der Waals surface area contributed by atoms with E-state index < -0.39 is 11.9 Å². The van der Waals surface area contributed by atoms with E-state index in [0.717, 1.165) is 6.08 Å². The van der Waals surface area contributed by atoms with Gasteiger partial charge in [-0.05, 0) is 12.1 Å². The van der Waals surface area contributed by atoms with Crippen LogP contribution in [0.1, 0.15) is 15.9 Å². The van der Waals surface area contributed by atoms with Gasteiger partial charge in [-0.15, -0.1) is 0 Å². The van der Waals surface area contributed by atoms with E-state index in [4.69, 9.17) is 5.11 Å². The first kappa shape index (κ1) is 10.9. The standard InChI is InChI=1S/C10H9NO4/c1-15-9(12)3-2-7-6-11-5-4-8(7)10(13)14/h2-6H,1H3,(H,13,14). The maximum absolute atomic E-state index is 10.8. The molecule has 0 aliphatic rings. The lowest BCUT2D eigenvalue weighted by Gasteiger charge is -1.98. The van der Waals surface area contributed by atoms with Gasteiger partial charge in [0.1, 0.15) is 0 Å². The number of aromatic carboxylic acids is 1. The van der Waals surface area contributed by atoms with Crippen LogP contribution in [0.5, 0.6) is 0 Å². The highest BCUT2D eigenvalue weighted by Crippen LogP contribution is 2.08. The minimum Gasteiger partial charge on any atom is -0.478 e. The van der Waals surface area contributed by atoms with Crippen LogP contribution < -0.4 is 0 Å². The highest BCUT2D eigenvalue weighted by Gasteiger charge is 2.06. The van der Waals surface area contributed by atoms with Gasteiger partial charge in [-0.25, -0.2) is 9.59 Å². The van der Waals surface area contributed by atoms with E-state index in [0.29, 0.717) is 5.56 Å². The number of esters is 1. The van der Waals surface area contributed by atoms with Gasteiger partial charge in [0.15, 0.2) is 0 Å². The summed E-state index contributed by atoms with van der Waals surface area (Å²) in [5.41, 5.74) is 0.445. The van der Waals surface area contributed by atoms with Crippen LogP contribution in [0.3, 0.4) is 0 Å². The number of pyridine rings is 1. The van der Waals surface area contributed by atoms with Crippen molar-refractivity contribution in [2.24, 2.45) is 0 Å².